The van der Waals surface area contributed by atoms with Gasteiger partial charge in [-0.25, -0.2) is 13.3 Å². The van der Waals surface area contributed by atoms with Gasteiger partial charge in [0.25, 0.3) is 0 Å². The molecule has 0 aromatic rings. The number of nitrogens with one attached hydrogen (secondary N) is 1. The molecule has 0 aromatic heterocycles. The largest absolute Gasteiger partial charge is 0.376 e. The lowest BCUT2D eigenvalue weighted by Gasteiger charge is -2.27. The Hall–Kier alpha value is 0.160. The Morgan fingerprint density at radius 1 is 1.54 bits per heavy atom. The first-order chi connectivity index (χ1) is 6.04. The summed E-state index contributed by atoms with van der Waals surface area (Å²) in [5, 5.41) is -0.334. The van der Waals surface area contributed by atoms with Crippen molar-refractivity contribution in [2.24, 2.45) is 0 Å². The molecule has 6 heteroatoms. The van der Waals surface area contributed by atoms with Crippen LogP contribution in [0.25, 0.3) is 0 Å². The Morgan fingerprint density at radius 3 is 2.62 bits per heavy atom. The molecule has 0 saturated carbocycles. The maximum atomic E-state index is 11.1. The van der Waals surface area contributed by atoms with Gasteiger partial charge in [0.15, 0.2) is 9.84 Å². The van der Waals surface area contributed by atoms with Crippen molar-refractivity contribution in [1.82, 2.24) is 4.84 Å². The highest BCUT2D eigenvalue weighted by atomic mass is 35.5. The smallest absolute Gasteiger partial charge is 0.152 e. The highest BCUT2D eigenvalue weighted by Gasteiger charge is 2.27. The van der Waals surface area contributed by atoms with Crippen LogP contribution in [0.5, 0.6) is 0 Å². The number of rotatable bonds is 3. The van der Waals surface area contributed by atoms with Crippen LogP contribution in [0.2, 0.25) is 0 Å². The molecule has 78 valence electrons. The first-order valence-electron chi connectivity index (χ1n) is 4.18. The molecule has 1 saturated heterocycles. The van der Waals surface area contributed by atoms with Crippen molar-refractivity contribution >= 4 is 21.6 Å². The molecule has 4 nitrogen and oxygen atoms in total. The molecule has 1 N–H and O–H groups in total. The van der Waals surface area contributed by atoms with Crippen LogP contribution in [0.15, 0.2) is 0 Å². The highest BCUT2D eigenvalue weighted by Crippen LogP contribution is 2.18. The second-order valence-corrected chi connectivity index (χ2v) is 5.91. The Labute approximate surface area is 83.6 Å². The molecule has 2 atom stereocenters. The third kappa shape index (κ3) is 3.42. The lowest BCUT2D eigenvalue weighted by Crippen LogP contribution is -2.37. The minimum absolute atomic E-state index is 0.0514. The zero-order valence-corrected chi connectivity index (χ0v) is 9.07. The minimum atomic E-state index is -2.94. The van der Waals surface area contributed by atoms with Crippen LogP contribution in [0, 0.1) is 0 Å². The summed E-state index contributed by atoms with van der Waals surface area (Å²) < 4.78 is 27.6. The fourth-order valence-corrected chi connectivity index (χ4v) is 2.43. The van der Waals surface area contributed by atoms with Gasteiger partial charge in [-0.3, -0.25) is 0 Å². The Bertz CT molecular complexity index is 246. The molecule has 0 aromatic carbocycles. The summed E-state index contributed by atoms with van der Waals surface area (Å²) in [7, 11) is -2.94. The first-order valence-corrected chi connectivity index (χ1v) is 6.51. The molecule has 0 amide bonds. The summed E-state index contributed by atoms with van der Waals surface area (Å²) in [6.07, 6.45) is 2.72. The van der Waals surface area contributed by atoms with E-state index in [1.165, 1.54) is 6.26 Å². The van der Waals surface area contributed by atoms with E-state index in [1.807, 2.05) is 0 Å². The summed E-state index contributed by atoms with van der Waals surface area (Å²) in [4.78, 5) is 2.49. The van der Waals surface area contributed by atoms with Gasteiger partial charge in [0.2, 0.25) is 0 Å². The standard InChI is InChI=1S/C7H14ClNO3S/c1-13(10,11)7-3-2-6(4-9-8)12-5-7/h6-7,9H,2-5H2,1H3/t6-,7+/m0/s1. The Morgan fingerprint density at radius 2 is 2.23 bits per heavy atom. The molecule has 1 heterocycles. The summed E-state index contributed by atoms with van der Waals surface area (Å²) in [6, 6.07) is 0. The van der Waals surface area contributed by atoms with Crippen LogP contribution < -0.4 is 4.84 Å². The molecule has 1 aliphatic heterocycles. The minimum Gasteiger partial charge on any atom is -0.376 e. The van der Waals surface area contributed by atoms with Gasteiger partial charge in [-0.05, 0) is 24.6 Å². The van der Waals surface area contributed by atoms with Crippen LogP contribution in [0.1, 0.15) is 12.8 Å². The fourth-order valence-electron chi connectivity index (χ4n) is 1.37. The Balaban J connectivity index is 2.39. The number of sulfone groups is 1. The summed E-state index contributed by atoms with van der Waals surface area (Å²) in [5.41, 5.74) is 0. The van der Waals surface area contributed by atoms with E-state index in [4.69, 9.17) is 16.5 Å². The van der Waals surface area contributed by atoms with Gasteiger partial charge in [0, 0.05) is 12.8 Å². The molecule has 1 fully saturated rings. The van der Waals surface area contributed by atoms with E-state index in [9.17, 15) is 8.42 Å². The van der Waals surface area contributed by atoms with Crippen molar-refractivity contribution in [1.29, 1.82) is 0 Å². The lowest BCUT2D eigenvalue weighted by atomic mass is 10.1. The number of hydrogen-bond donors (Lipinski definition) is 1. The molecule has 13 heavy (non-hydrogen) atoms. The normalized spacial score (nSPS) is 30.3. The zero-order chi connectivity index (χ0) is 9.90. The second-order valence-electron chi connectivity index (χ2n) is 3.32. The van der Waals surface area contributed by atoms with Crippen molar-refractivity contribution < 1.29 is 13.2 Å². The molecule has 0 spiro atoms. The molecule has 0 aliphatic carbocycles. The van der Waals surface area contributed by atoms with E-state index in [-0.39, 0.29) is 11.4 Å². The van der Waals surface area contributed by atoms with Crippen molar-refractivity contribution in [3.63, 3.8) is 0 Å². The van der Waals surface area contributed by atoms with Gasteiger partial charge in [-0.2, -0.15) is 0 Å². The van der Waals surface area contributed by atoms with Crippen LogP contribution >= 0.6 is 11.8 Å². The molecule has 1 rings (SSSR count). The van der Waals surface area contributed by atoms with Crippen LogP contribution in [-0.4, -0.2) is 39.2 Å². The third-order valence-corrected chi connectivity index (χ3v) is 3.98. The monoisotopic (exact) mass is 227 g/mol. The maximum absolute atomic E-state index is 11.1. The highest BCUT2D eigenvalue weighted by molar-refractivity contribution is 7.91. The summed E-state index contributed by atoms with van der Waals surface area (Å²) in [5.74, 6) is 0. The predicted octanol–water partition coefficient (Wildman–Crippen LogP) is 0.322. The molecule has 1 aliphatic rings. The van der Waals surface area contributed by atoms with E-state index in [0.29, 0.717) is 19.6 Å². The van der Waals surface area contributed by atoms with Gasteiger partial charge < -0.3 is 4.74 Å². The molecule has 0 radical (unpaired) electrons. The average Bonchev–Trinajstić information content (AvgIpc) is 2.04. The first kappa shape index (κ1) is 11.2. The molecule has 0 unspecified atom stereocenters. The van der Waals surface area contributed by atoms with Gasteiger partial charge in [0.1, 0.15) is 0 Å². The number of halogens is 1. The van der Waals surface area contributed by atoms with E-state index >= 15 is 0 Å². The topological polar surface area (TPSA) is 55.4 Å². The number of hydrogen-bond acceptors (Lipinski definition) is 4. The van der Waals surface area contributed by atoms with Gasteiger partial charge in [0.05, 0.1) is 18.0 Å². The van der Waals surface area contributed by atoms with Crippen LogP contribution in [-0.2, 0) is 14.6 Å². The van der Waals surface area contributed by atoms with Crippen LogP contribution in [0.4, 0.5) is 0 Å². The molecular weight excluding hydrogens is 214 g/mol. The quantitative estimate of drug-likeness (QED) is 0.706. The SMILES string of the molecule is CS(=O)(=O)[C@@H]1CC[C@@H](CNCl)OC1. The molecular formula is C7H14ClNO3S. The van der Waals surface area contributed by atoms with Gasteiger partial charge >= 0.3 is 0 Å². The van der Waals surface area contributed by atoms with Crippen LogP contribution in [0.3, 0.4) is 0 Å². The van der Waals surface area contributed by atoms with E-state index in [2.05, 4.69) is 4.84 Å². The van der Waals surface area contributed by atoms with Crippen molar-refractivity contribution in [3.05, 3.63) is 0 Å². The predicted molar refractivity (Wildman–Crippen MR) is 51.5 cm³/mol. The average molecular weight is 228 g/mol. The fraction of sp³-hybridized carbons (Fsp3) is 1.00. The maximum Gasteiger partial charge on any atom is 0.152 e. The second kappa shape index (κ2) is 4.59. The van der Waals surface area contributed by atoms with E-state index < -0.39 is 9.84 Å². The lowest BCUT2D eigenvalue weighted by molar-refractivity contribution is 0.0224. The van der Waals surface area contributed by atoms with Gasteiger partial charge in [-0.15, -0.1) is 0 Å². The van der Waals surface area contributed by atoms with E-state index in [1.54, 1.807) is 0 Å². The summed E-state index contributed by atoms with van der Waals surface area (Å²) in [6.45, 7) is 0.861. The Kier molecular flexibility index (Phi) is 3.97. The van der Waals surface area contributed by atoms with E-state index in [0.717, 1.165) is 6.42 Å². The third-order valence-electron chi connectivity index (χ3n) is 2.24. The zero-order valence-electron chi connectivity index (χ0n) is 7.49. The van der Waals surface area contributed by atoms with Gasteiger partial charge in [-0.1, -0.05) is 0 Å². The van der Waals surface area contributed by atoms with Crippen molar-refractivity contribution in [2.75, 3.05) is 19.4 Å². The van der Waals surface area contributed by atoms with Crippen molar-refractivity contribution in [2.45, 2.75) is 24.2 Å². The van der Waals surface area contributed by atoms with Crippen molar-refractivity contribution in [3.8, 4) is 0 Å². The molecule has 0 bridgehead atoms. The number of ether oxygens (including phenoxy) is 1. The summed E-state index contributed by atoms with van der Waals surface area (Å²) >= 11 is 5.31.